The molecule has 2 aromatic rings. The Labute approximate surface area is 124 Å². The maximum Gasteiger partial charge on any atom is 0.261 e. The summed E-state index contributed by atoms with van der Waals surface area (Å²) in [6.45, 7) is 2.88. The highest BCUT2D eigenvalue weighted by molar-refractivity contribution is 7.92. The van der Waals surface area contributed by atoms with Gasteiger partial charge in [0, 0.05) is 12.2 Å². The molecule has 0 fully saturated rings. The van der Waals surface area contributed by atoms with Crippen LogP contribution >= 0.6 is 0 Å². The molecule has 0 aliphatic carbocycles. The molecule has 2 aromatic carbocycles. The number of rotatable bonds is 6. The van der Waals surface area contributed by atoms with Gasteiger partial charge in [0.15, 0.2) is 0 Å². The summed E-state index contributed by atoms with van der Waals surface area (Å²) < 4.78 is 39.8. The van der Waals surface area contributed by atoms with Gasteiger partial charge in [-0.3, -0.25) is 4.72 Å². The van der Waals surface area contributed by atoms with Crippen molar-refractivity contribution in [1.29, 1.82) is 0 Å². The lowest BCUT2D eigenvalue weighted by molar-refractivity contribution is 0.601. The van der Waals surface area contributed by atoms with Gasteiger partial charge in [0.05, 0.1) is 10.6 Å². The van der Waals surface area contributed by atoms with Crippen LogP contribution < -0.4 is 10.0 Å². The Morgan fingerprint density at radius 1 is 1.05 bits per heavy atom. The molecule has 0 atom stereocenters. The molecule has 2 rings (SSSR count). The van der Waals surface area contributed by atoms with Crippen LogP contribution in [0, 0.1) is 5.82 Å². The fourth-order valence-corrected chi connectivity index (χ4v) is 2.84. The van der Waals surface area contributed by atoms with Gasteiger partial charge in [0.2, 0.25) is 0 Å². The summed E-state index contributed by atoms with van der Waals surface area (Å²) in [5.41, 5.74) is 1.06. The summed E-state index contributed by atoms with van der Waals surface area (Å²) in [5.74, 6) is -0.491. The minimum Gasteiger partial charge on any atom is -0.385 e. The van der Waals surface area contributed by atoms with E-state index in [1.54, 1.807) is 12.1 Å². The Kier molecular flexibility index (Phi) is 4.80. The largest absolute Gasteiger partial charge is 0.385 e. The molecule has 0 aliphatic heterocycles. The van der Waals surface area contributed by atoms with Crippen molar-refractivity contribution in [2.45, 2.75) is 18.2 Å². The van der Waals surface area contributed by atoms with Crippen molar-refractivity contribution in [3.05, 3.63) is 54.3 Å². The predicted molar refractivity (Wildman–Crippen MR) is 82.4 cm³/mol. The van der Waals surface area contributed by atoms with Crippen molar-refractivity contribution in [2.24, 2.45) is 0 Å². The zero-order chi connectivity index (χ0) is 15.3. The zero-order valence-corrected chi connectivity index (χ0v) is 12.5. The first-order valence-electron chi connectivity index (χ1n) is 6.63. The van der Waals surface area contributed by atoms with Crippen molar-refractivity contribution in [1.82, 2.24) is 0 Å². The number of anilines is 2. The highest BCUT2D eigenvalue weighted by atomic mass is 32.2. The molecule has 0 radical (unpaired) electrons. The number of nitrogens with one attached hydrogen (secondary N) is 2. The third-order valence-electron chi connectivity index (χ3n) is 2.82. The van der Waals surface area contributed by atoms with E-state index in [-0.39, 0.29) is 10.6 Å². The lowest BCUT2D eigenvalue weighted by atomic mass is 10.3. The predicted octanol–water partition coefficient (Wildman–Crippen LogP) is 3.45. The molecule has 4 nitrogen and oxygen atoms in total. The SMILES string of the molecule is CCCNc1ccc(S(=O)(=O)Nc2cccc(F)c2)cc1. The second-order valence-electron chi connectivity index (χ2n) is 4.57. The van der Waals surface area contributed by atoms with Crippen LogP contribution in [0.1, 0.15) is 13.3 Å². The quantitative estimate of drug-likeness (QED) is 0.859. The molecule has 0 saturated heterocycles. The Morgan fingerprint density at radius 3 is 2.38 bits per heavy atom. The van der Waals surface area contributed by atoms with E-state index in [0.29, 0.717) is 0 Å². The molecule has 0 amide bonds. The van der Waals surface area contributed by atoms with E-state index in [9.17, 15) is 12.8 Å². The van der Waals surface area contributed by atoms with E-state index in [2.05, 4.69) is 17.0 Å². The van der Waals surface area contributed by atoms with Gasteiger partial charge in [-0.05, 0) is 48.9 Å². The van der Waals surface area contributed by atoms with Crippen LogP contribution in [0.3, 0.4) is 0 Å². The molecule has 0 heterocycles. The van der Waals surface area contributed by atoms with Gasteiger partial charge in [0.25, 0.3) is 10.0 Å². The van der Waals surface area contributed by atoms with E-state index >= 15 is 0 Å². The molecule has 0 bridgehead atoms. The second kappa shape index (κ2) is 6.58. The van der Waals surface area contributed by atoms with Gasteiger partial charge in [-0.2, -0.15) is 0 Å². The third-order valence-corrected chi connectivity index (χ3v) is 4.22. The van der Waals surface area contributed by atoms with Crippen LogP contribution in [0.25, 0.3) is 0 Å². The Balaban J connectivity index is 2.15. The molecule has 2 N–H and O–H groups in total. The number of sulfonamides is 1. The van der Waals surface area contributed by atoms with Crippen molar-refractivity contribution < 1.29 is 12.8 Å². The van der Waals surface area contributed by atoms with Gasteiger partial charge in [-0.15, -0.1) is 0 Å². The Morgan fingerprint density at radius 2 is 1.76 bits per heavy atom. The first-order chi connectivity index (χ1) is 10.0. The topological polar surface area (TPSA) is 58.2 Å². The number of hydrogen-bond acceptors (Lipinski definition) is 3. The van der Waals surface area contributed by atoms with Crippen LogP contribution in [0.4, 0.5) is 15.8 Å². The summed E-state index contributed by atoms with van der Waals surface area (Å²) in [6.07, 6.45) is 0.987. The Hall–Kier alpha value is -2.08. The molecule has 0 aromatic heterocycles. The van der Waals surface area contributed by atoms with E-state index < -0.39 is 15.8 Å². The summed E-state index contributed by atoms with van der Waals surface area (Å²) in [6, 6.07) is 11.8. The van der Waals surface area contributed by atoms with Crippen molar-refractivity contribution >= 4 is 21.4 Å². The number of hydrogen-bond donors (Lipinski definition) is 2. The lowest BCUT2D eigenvalue weighted by Crippen LogP contribution is -2.13. The first kappa shape index (κ1) is 15.3. The van der Waals surface area contributed by atoms with Gasteiger partial charge in [-0.25, -0.2) is 12.8 Å². The molecular formula is C15H17FN2O2S. The van der Waals surface area contributed by atoms with Crippen LogP contribution in [0.2, 0.25) is 0 Å². The standard InChI is InChI=1S/C15H17FN2O2S/c1-2-10-17-13-6-8-15(9-7-13)21(19,20)18-14-5-3-4-12(16)11-14/h3-9,11,17-18H,2,10H2,1H3. The van der Waals surface area contributed by atoms with E-state index in [1.165, 1.54) is 30.3 Å². The maximum atomic E-state index is 13.1. The Bertz CT molecular complexity index is 700. The molecular weight excluding hydrogens is 291 g/mol. The van der Waals surface area contributed by atoms with Crippen LogP contribution in [0.5, 0.6) is 0 Å². The lowest BCUT2D eigenvalue weighted by Gasteiger charge is -2.09. The summed E-state index contributed by atoms with van der Waals surface area (Å²) in [5, 5.41) is 3.17. The monoisotopic (exact) mass is 308 g/mol. The highest BCUT2D eigenvalue weighted by Crippen LogP contribution is 2.18. The third kappa shape index (κ3) is 4.19. The van der Waals surface area contributed by atoms with Gasteiger partial charge in [-0.1, -0.05) is 13.0 Å². The molecule has 0 spiro atoms. The van der Waals surface area contributed by atoms with Gasteiger partial charge >= 0.3 is 0 Å². The average Bonchev–Trinajstić information content (AvgIpc) is 2.45. The minimum atomic E-state index is -3.71. The molecule has 112 valence electrons. The molecule has 0 saturated carbocycles. The zero-order valence-electron chi connectivity index (χ0n) is 11.6. The summed E-state index contributed by atoms with van der Waals surface area (Å²) in [4.78, 5) is 0.133. The molecule has 21 heavy (non-hydrogen) atoms. The van der Waals surface area contributed by atoms with Crippen molar-refractivity contribution in [3.63, 3.8) is 0 Å². The van der Waals surface area contributed by atoms with Crippen LogP contribution in [0.15, 0.2) is 53.4 Å². The molecule has 6 heteroatoms. The average molecular weight is 308 g/mol. The molecule has 0 aliphatic rings. The highest BCUT2D eigenvalue weighted by Gasteiger charge is 2.14. The van der Waals surface area contributed by atoms with E-state index in [4.69, 9.17) is 0 Å². The van der Waals surface area contributed by atoms with Gasteiger partial charge < -0.3 is 5.32 Å². The smallest absolute Gasteiger partial charge is 0.261 e. The minimum absolute atomic E-state index is 0.133. The van der Waals surface area contributed by atoms with E-state index in [1.807, 2.05) is 0 Å². The molecule has 0 unspecified atom stereocenters. The summed E-state index contributed by atoms with van der Waals surface area (Å²) >= 11 is 0. The number of benzene rings is 2. The fraction of sp³-hybridized carbons (Fsp3) is 0.200. The fourth-order valence-electron chi connectivity index (χ4n) is 1.79. The first-order valence-corrected chi connectivity index (χ1v) is 8.12. The van der Waals surface area contributed by atoms with Crippen molar-refractivity contribution in [3.8, 4) is 0 Å². The summed E-state index contributed by atoms with van der Waals surface area (Å²) in [7, 11) is -3.71. The number of halogens is 1. The van der Waals surface area contributed by atoms with Crippen LogP contribution in [-0.4, -0.2) is 15.0 Å². The van der Waals surface area contributed by atoms with Gasteiger partial charge in [0.1, 0.15) is 5.82 Å². The normalized spacial score (nSPS) is 11.1. The van der Waals surface area contributed by atoms with E-state index in [0.717, 1.165) is 24.7 Å². The van der Waals surface area contributed by atoms with Crippen LogP contribution in [-0.2, 0) is 10.0 Å². The second-order valence-corrected chi connectivity index (χ2v) is 6.25. The van der Waals surface area contributed by atoms with Crippen molar-refractivity contribution in [2.75, 3.05) is 16.6 Å². The maximum absolute atomic E-state index is 13.1.